The number of carbonyl (C=O) groups excluding carboxylic acids is 1. The van der Waals surface area contributed by atoms with Crippen LogP contribution < -0.4 is 5.32 Å². The van der Waals surface area contributed by atoms with Gasteiger partial charge in [-0.3, -0.25) is 4.79 Å². The molecule has 1 aliphatic rings. The number of likely N-dealkylation sites (tertiary alicyclic amines) is 1. The number of benzene rings is 1. The molecule has 0 spiro atoms. The average Bonchev–Trinajstić information content (AvgIpc) is 3.06. The number of nitrogens with one attached hydrogen (secondary N) is 1. The molecule has 0 atom stereocenters. The van der Waals surface area contributed by atoms with Crippen molar-refractivity contribution in [3.63, 3.8) is 0 Å². The van der Waals surface area contributed by atoms with E-state index in [1.807, 2.05) is 35.2 Å². The maximum absolute atomic E-state index is 12.1. The molecule has 1 saturated heterocycles. The zero-order valence-corrected chi connectivity index (χ0v) is 11.5. The van der Waals surface area contributed by atoms with E-state index in [1.165, 1.54) is 0 Å². The minimum absolute atomic E-state index is 0.0530. The van der Waals surface area contributed by atoms with E-state index in [0.717, 1.165) is 31.3 Å². The topological polar surface area (TPSA) is 81.9 Å². The monoisotopic (exact) mass is 281 g/mol. The first kappa shape index (κ1) is 13.3. The maximum Gasteiger partial charge on any atom is 0.241 e. The molecule has 106 valence electrons. The van der Waals surface area contributed by atoms with Crippen molar-refractivity contribution in [3.8, 4) is 6.07 Å². The number of carbonyl (C=O) groups is 1. The Kier molecular flexibility index (Phi) is 3.65. The van der Waals surface area contributed by atoms with Crippen molar-refractivity contribution in [1.82, 2.24) is 15.1 Å². The Morgan fingerprint density at radius 2 is 2.05 bits per heavy atom. The molecular formula is C15H15N5O. The van der Waals surface area contributed by atoms with Crippen molar-refractivity contribution < 1.29 is 4.79 Å². The number of fused-ring (bicyclic) bond motifs is 1. The normalized spacial score (nSPS) is 14.1. The molecule has 1 fully saturated rings. The van der Waals surface area contributed by atoms with E-state index in [0.29, 0.717) is 11.2 Å². The van der Waals surface area contributed by atoms with Gasteiger partial charge in [-0.25, -0.2) is 0 Å². The smallest absolute Gasteiger partial charge is 0.241 e. The SMILES string of the molecule is N#Cc1nnc2ccccc2c1NCC(=O)N1CCCC1. The van der Waals surface area contributed by atoms with Gasteiger partial charge in [0.25, 0.3) is 0 Å². The summed E-state index contributed by atoms with van der Waals surface area (Å²) in [6.07, 6.45) is 2.13. The highest BCUT2D eigenvalue weighted by atomic mass is 16.2. The minimum atomic E-state index is 0.0530. The number of amides is 1. The van der Waals surface area contributed by atoms with Crippen LogP contribution in [0, 0.1) is 11.3 Å². The molecule has 0 saturated carbocycles. The van der Waals surface area contributed by atoms with Gasteiger partial charge < -0.3 is 10.2 Å². The van der Waals surface area contributed by atoms with Crippen LogP contribution in [0.5, 0.6) is 0 Å². The number of aromatic nitrogens is 2. The van der Waals surface area contributed by atoms with Crippen LogP contribution in [-0.4, -0.2) is 40.6 Å². The fraction of sp³-hybridized carbons (Fsp3) is 0.333. The van der Waals surface area contributed by atoms with Crippen molar-refractivity contribution in [2.24, 2.45) is 0 Å². The quantitative estimate of drug-likeness (QED) is 0.922. The Hall–Kier alpha value is -2.68. The fourth-order valence-corrected chi connectivity index (χ4v) is 2.55. The summed E-state index contributed by atoms with van der Waals surface area (Å²) in [6, 6.07) is 9.46. The van der Waals surface area contributed by atoms with Gasteiger partial charge in [-0.2, -0.15) is 5.26 Å². The Morgan fingerprint density at radius 3 is 2.81 bits per heavy atom. The zero-order chi connectivity index (χ0) is 14.7. The number of nitriles is 1. The summed E-state index contributed by atoms with van der Waals surface area (Å²) >= 11 is 0. The largest absolute Gasteiger partial charge is 0.373 e. The molecule has 3 rings (SSSR count). The third kappa shape index (κ3) is 2.63. The summed E-state index contributed by atoms with van der Waals surface area (Å²) in [4.78, 5) is 13.9. The molecular weight excluding hydrogens is 266 g/mol. The van der Waals surface area contributed by atoms with Gasteiger partial charge in [0, 0.05) is 18.5 Å². The first-order valence-corrected chi connectivity index (χ1v) is 6.97. The van der Waals surface area contributed by atoms with Gasteiger partial charge >= 0.3 is 0 Å². The number of rotatable bonds is 3. The Bertz CT molecular complexity index is 716. The molecule has 2 aromatic rings. The number of nitrogens with zero attached hydrogens (tertiary/aromatic N) is 4. The summed E-state index contributed by atoms with van der Waals surface area (Å²) in [6.45, 7) is 1.81. The molecule has 0 bridgehead atoms. The lowest BCUT2D eigenvalue weighted by atomic mass is 10.1. The van der Waals surface area contributed by atoms with Gasteiger partial charge in [0.2, 0.25) is 5.91 Å². The van der Waals surface area contributed by atoms with Crippen LogP contribution in [0.25, 0.3) is 10.9 Å². The van der Waals surface area contributed by atoms with E-state index >= 15 is 0 Å². The van der Waals surface area contributed by atoms with Crippen molar-refractivity contribution in [2.75, 3.05) is 25.0 Å². The summed E-state index contributed by atoms with van der Waals surface area (Å²) in [5, 5.41) is 21.0. The molecule has 1 aromatic carbocycles. The highest BCUT2D eigenvalue weighted by Crippen LogP contribution is 2.23. The minimum Gasteiger partial charge on any atom is -0.373 e. The molecule has 2 heterocycles. The lowest BCUT2D eigenvalue weighted by Crippen LogP contribution is -2.33. The molecule has 21 heavy (non-hydrogen) atoms. The van der Waals surface area contributed by atoms with Gasteiger partial charge in [-0.05, 0) is 18.9 Å². The number of hydrogen-bond donors (Lipinski definition) is 1. The molecule has 6 heteroatoms. The van der Waals surface area contributed by atoms with Gasteiger partial charge in [0.15, 0.2) is 5.69 Å². The predicted molar refractivity (Wildman–Crippen MR) is 78.6 cm³/mol. The van der Waals surface area contributed by atoms with E-state index in [1.54, 1.807) is 0 Å². The maximum atomic E-state index is 12.1. The summed E-state index contributed by atoms with van der Waals surface area (Å²) in [5.41, 5.74) is 1.49. The standard InChI is InChI=1S/C15H15N5O/c16-9-13-15(11-5-1-2-6-12(11)18-19-13)17-10-14(21)20-7-3-4-8-20/h1-2,5-6H,3-4,7-8,10H2,(H,17,18). The van der Waals surface area contributed by atoms with E-state index < -0.39 is 0 Å². The Balaban J connectivity index is 1.85. The molecule has 0 radical (unpaired) electrons. The molecule has 6 nitrogen and oxygen atoms in total. The fourth-order valence-electron chi connectivity index (χ4n) is 2.55. The van der Waals surface area contributed by atoms with Gasteiger partial charge in [-0.15, -0.1) is 10.2 Å². The van der Waals surface area contributed by atoms with Crippen LogP contribution in [0.1, 0.15) is 18.5 Å². The van der Waals surface area contributed by atoms with Gasteiger partial charge in [0.1, 0.15) is 6.07 Å². The third-order valence-corrected chi connectivity index (χ3v) is 3.65. The molecule has 1 aromatic heterocycles. The molecule has 1 amide bonds. The van der Waals surface area contributed by atoms with E-state index in [9.17, 15) is 4.79 Å². The molecule has 0 aliphatic carbocycles. The van der Waals surface area contributed by atoms with Crippen LogP contribution in [0.4, 0.5) is 5.69 Å². The van der Waals surface area contributed by atoms with Crippen LogP contribution in [-0.2, 0) is 4.79 Å². The van der Waals surface area contributed by atoms with Crippen molar-refractivity contribution >= 4 is 22.5 Å². The van der Waals surface area contributed by atoms with Gasteiger partial charge in [-0.1, -0.05) is 18.2 Å². The predicted octanol–water partition coefficient (Wildman–Crippen LogP) is 1.54. The first-order valence-electron chi connectivity index (χ1n) is 6.97. The molecule has 1 aliphatic heterocycles. The highest BCUT2D eigenvalue weighted by Gasteiger charge is 2.18. The third-order valence-electron chi connectivity index (χ3n) is 3.65. The van der Waals surface area contributed by atoms with E-state index in [2.05, 4.69) is 15.5 Å². The number of hydrogen-bond acceptors (Lipinski definition) is 5. The summed E-state index contributed by atoms with van der Waals surface area (Å²) in [7, 11) is 0. The average molecular weight is 281 g/mol. The highest BCUT2D eigenvalue weighted by molar-refractivity contribution is 5.94. The Labute approximate surface area is 122 Å². The lowest BCUT2D eigenvalue weighted by molar-refractivity contribution is -0.128. The molecule has 0 unspecified atom stereocenters. The summed E-state index contributed by atoms with van der Waals surface area (Å²) in [5.74, 6) is 0.0530. The second kappa shape index (κ2) is 5.75. The second-order valence-corrected chi connectivity index (χ2v) is 4.99. The van der Waals surface area contributed by atoms with Crippen molar-refractivity contribution in [1.29, 1.82) is 5.26 Å². The van der Waals surface area contributed by atoms with Crippen LogP contribution in [0.2, 0.25) is 0 Å². The van der Waals surface area contributed by atoms with Crippen molar-refractivity contribution in [3.05, 3.63) is 30.0 Å². The summed E-state index contributed by atoms with van der Waals surface area (Å²) < 4.78 is 0. The van der Waals surface area contributed by atoms with Crippen LogP contribution in [0.15, 0.2) is 24.3 Å². The van der Waals surface area contributed by atoms with Gasteiger partial charge in [0.05, 0.1) is 17.7 Å². The Morgan fingerprint density at radius 1 is 1.29 bits per heavy atom. The molecule has 1 N–H and O–H groups in total. The van der Waals surface area contributed by atoms with Crippen molar-refractivity contribution in [2.45, 2.75) is 12.8 Å². The lowest BCUT2D eigenvalue weighted by Gasteiger charge is -2.16. The second-order valence-electron chi connectivity index (χ2n) is 4.99. The number of anilines is 1. The van der Waals surface area contributed by atoms with Crippen LogP contribution >= 0.6 is 0 Å². The van der Waals surface area contributed by atoms with E-state index in [4.69, 9.17) is 5.26 Å². The van der Waals surface area contributed by atoms with Crippen LogP contribution in [0.3, 0.4) is 0 Å². The zero-order valence-electron chi connectivity index (χ0n) is 11.5. The first-order chi connectivity index (χ1) is 10.3. The van der Waals surface area contributed by atoms with E-state index in [-0.39, 0.29) is 18.1 Å².